The third kappa shape index (κ3) is 5.45. The zero-order valence-corrected chi connectivity index (χ0v) is 5.45. The fourth-order valence-corrected chi connectivity index (χ4v) is 0.527. The third-order valence-electron chi connectivity index (χ3n) is 0.347. The summed E-state index contributed by atoms with van der Waals surface area (Å²) in [5.41, 5.74) is 1.79. The lowest BCUT2D eigenvalue weighted by atomic mass is 11.0. The second kappa shape index (κ2) is 6.45. The van der Waals surface area contributed by atoms with Gasteiger partial charge < -0.3 is 0 Å². The number of nitrogens with zero attached hydrogens (tertiary/aromatic N) is 1. The molecule has 0 spiro atoms. The zero-order valence-electron chi connectivity index (χ0n) is 3.81. The average molecular weight is 149 g/mol. The van der Waals surface area contributed by atoms with Crippen molar-refractivity contribution >= 4 is 22.9 Å². The van der Waals surface area contributed by atoms with E-state index in [0.29, 0.717) is 0 Å². The topological polar surface area (TPSA) is 47.0 Å². The number of aromatic nitrogens is 1. The van der Waals surface area contributed by atoms with Gasteiger partial charge in [0, 0.05) is 11.6 Å². The van der Waals surface area contributed by atoms with Crippen molar-refractivity contribution in [3.05, 3.63) is 17.1 Å². The summed E-state index contributed by atoms with van der Waals surface area (Å²) in [6.07, 6.45) is 1.77. The molecular weight excluding hydrogens is 146 g/mol. The Kier molecular flexibility index (Phi) is 6.01. The fourth-order valence-electron chi connectivity index (χ4n) is 0.176. The maximum absolute atomic E-state index is 8.29. The van der Waals surface area contributed by atoms with Crippen molar-refractivity contribution in [2.24, 2.45) is 0 Å². The van der Waals surface area contributed by atoms with Gasteiger partial charge in [-0.05, 0) is 0 Å². The van der Waals surface area contributed by atoms with Crippen LogP contribution in [0.25, 0.3) is 0 Å². The van der Waals surface area contributed by atoms with Crippen LogP contribution in [-0.2, 0) is 11.6 Å². The van der Waals surface area contributed by atoms with Gasteiger partial charge in [-0.1, -0.05) is 0 Å². The van der Waals surface area contributed by atoms with Gasteiger partial charge in [-0.3, -0.25) is 4.98 Å². The van der Waals surface area contributed by atoms with E-state index in [4.69, 9.17) is 8.42 Å². The van der Waals surface area contributed by atoms with E-state index < -0.39 is 11.6 Å². The van der Waals surface area contributed by atoms with Gasteiger partial charge in [0.1, 0.15) is 0 Å². The Bertz CT molecular complexity index is 127. The van der Waals surface area contributed by atoms with Gasteiger partial charge >= 0.3 is 11.6 Å². The first-order chi connectivity index (χ1) is 3.91. The molecule has 0 aliphatic rings. The minimum atomic E-state index is -0.750. The highest BCUT2D eigenvalue weighted by Gasteiger charge is 1.59. The van der Waals surface area contributed by atoms with Gasteiger partial charge in [-0.2, -0.15) is 8.42 Å². The molecule has 0 atom stereocenters. The monoisotopic (exact) mass is 149 g/mol. The van der Waals surface area contributed by atoms with E-state index in [1.54, 1.807) is 23.0 Å². The summed E-state index contributed by atoms with van der Waals surface area (Å²) in [4.78, 5) is 3.74. The van der Waals surface area contributed by atoms with Crippen molar-refractivity contribution in [2.45, 2.75) is 0 Å². The van der Waals surface area contributed by atoms with Crippen molar-refractivity contribution in [2.75, 3.05) is 0 Å². The predicted molar refractivity (Wildman–Crippen MR) is 31.0 cm³/mol. The second-order valence-corrected chi connectivity index (χ2v) is 1.63. The summed E-state index contributed by atoms with van der Waals surface area (Å²) in [5, 5.41) is 1.93. The SMILES string of the molecule is O=S=O.c1cscn1. The molecule has 1 aromatic heterocycles. The molecular formula is C3H3NO2S2. The first-order valence-corrected chi connectivity index (χ1v) is 3.26. The van der Waals surface area contributed by atoms with Crippen LogP contribution in [0.1, 0.15) is 0 Å². The quantitative estimate of drug-likeness (QED) is 0.538. The largest absolute Gasteiger partial charge is 0.335 e. The number of rotatable bonds is 0. The number of thiazole rings is 1. The minimum Gasteiger partial charge on any atom is -0.253 e. The van der Waals surface area contributed by atoms with Crippen molar-refractivity contribution in [3.8, 4) is 0 Å². The summed E-state index contributed by atoms with van der Waals surface area (Å²) in [7, 11) is 0. The molecule has 0 radical (unpaired) electrons. The summed E-state index contributed by atoms with van der Waals surface area (Å²) < 4.78 is 16.6. The molecule has 1 aromatic rings. The van der Waals surface area contributed by atoms with Gasteiger partial charge in [0.05, 0.1) is 5.51 Å². The van der Waals surface area contributed by atoms with Gasteiger partial charge in [0.15, 0.2) is 0 Å². The van der Waals surface area contributed by atoms with Crippen LogP contribution in [0.2, 0.25) is 0 Å². The molecule has 0 aliphatic carbocycles. The third-order valence-corrected chi connectivity index (χ3v) is 0.869. The first kappa shape index (κ1) is 7.45. The fraction of sp³-hybridized carbons (Fsp3) is 0. The lowest BCUT2D eigenvalue weighted by Crippen LogP contribution is -1.38. The lowest BCUT2D eigenvalue weighted by molar-refractivity contribution is 0.630. The van der Waals surface area contributed by atoms with E-state index in [1.807, 2.05) is 5.38 Å². The molecule has 0 aromatic carbocycles. The predicted octanol–water partition coefficient (Wildman–Crippen LogP) is 0.473. The Labute approximate surface area is 54.0 Å². The van der Waals surface area contributed by atoms with Gasteiger partial charge in [-0.15, -0.1) is 11.3 Å². The van der Waals surface area contributed by atoms with Crippen LogP contribution in [0.15, 0.2) is 17.1 Å². The Balaban J connectivity index is 0.000000145. The van der Waals surface area contributed by atoms with Crippen LogP contribution in [0.3, 0.4) is 0 Å². The summed E-state index contributed by atoms with van der Waals surface area (Å²) in [6, 6.07) is 0. The number of hydrogen-bond acceptors (Lipinski definition) is 4. The van der Waals surface area contributed by atoms with Crippen LogP contribution < -0.4 is 0 Å². The van der Waals surface area contributed by atoms with Crippen molar-refractivity contribution < 1.29 is 8.42 Å². The molecule has 1 rings (SSSR count). The highest BCUT2D eigenvalue weighted by atomic mass is 32.1. The number of hydrogen-bond donors (Lipinski definition) is 0. The van der Waals surface area contributed by atoms with E-state index in [0.717, 1.165) is 0 Å². The minimum absolute atomic E-state index is 0.750. The second-order valence-electron chi connectivity index (χ2n) is 0.744. The average Bonchev–Trinajstić information content (AvgIpc) is 2.17. The molecule has 44 valence electrons. The molecule has 0 fully saturated rings. The molecule has 8 heavy (non-hydrogen) atoms. The van der Waals surface area contributed by atoms with Gasteiger partial charge in [-0.25, -0.2) is 0 Å². The first-order valence-electron chi connectivity index (χ1n) is 1.65. The Hall–Kier alpha value is -0.550. The summed E-state index contributed by atoms with van der Waals surface area (Å²) in [6.45, 7) is 0. The molecule has 3 nitrogen and oxygen atoms in total. The highest BCUT2D eigenvalue weighted by molar-refractivity contribution is 7.51. The molecule has 1 heterocycles. The van der Waals surface area contributed by atoms with E-state index >= 15 is 0 Å². The van der Waals surface area contributed by atoms with E-state index in [1.165, 1.54) is 0 Å². The van der Waals surface area contributed by atoms with Gasteiger partial charge in [0.2, 0.25) is 0 Å². The standard InChI is InChI=1S/C3H3NS.O2S/c1-2-5-3-4-1;1-3-2/h1-3H;. The smallest absolute Gasteiger partial charge is 0.253 e. The van der Waals surface area contributed by atoms with Crippen molar-refractivity contribution in [1.29, 1.82) is 0 Å². The molecule has 0 aliphatic heterocycles. The normalized spacial score (nSPS) is 6.50. The molecule has 0 saturated heterocycles. The van der Waals surface area contributed by atoms with Crippen molar-refractivity contribution in [1.82, 2.24) is 4.98 Å². The molecule has 0 amide bonds. The molecule has 0 unspecified atom stereocenters. The highest BCUT2D eigenvalue weighted by Crippen LogP contribution is 1.85. The Morgan fingerprint density at radius 2 is 2.12 bits per heavy atom. The molecule has 0 saturated carbocycles. The molecule has 0 bridgehead atoms. The zero-order chi connectivity index (χ0) is 6.24. The van der Waals surface area contributed by atoms with Crippen LogP contribution in [-0.4, -0.2) is 13.4 Å². The van der Waals surface area contributed by atoms with E-state index in [2.05, 4.69) is 4.98 Å². The van der Waals surface area contributed by atoms with E-state index in [-0.39, 0.29) is 0 Å². The molecule has 0 N–H and O–H groups in total. The maximum Gasteiger partial charge on any atom is 0.335 e. The van der Waals surface area contributed by atoms with Crippen LogP contribution >= 0.6 is 11.3 Å². The van der Waals surface area contributed by atoms with Crippen LogP contribution in [0.5, 0.6) is 0 Å². The lowest BCUT2D eigenvalue weighted by Gasteiger charge is -1.41. The van der Waals surface area contributed by atoms with Crippen LogP contribution in [0, 0.1) is 0 Å². The summed E-state index contributed by atoms with van der Waals surface area (Å²) in [5.74, 6) is 0. The Morgan fingerprint density at radius 3 is 2.25 bits per heavy atom. The van der Waals surface area contributed by atoms with Crippen LogP contribution in [0.4, 0.5) is 0 Å². The van der Waals surface area contributed by atoms with E-state index in [9.17, 15) is 0 Å². The van der Waals surface area contributed by atoms with Gasteiger partial charge in [0.25, 0.3) is 0 Å². The summed E-state index contributed by atoms with van der Waals surface area (Å²) >= 11 is 0.852. The molecule has 5 heteroatoms. The van der Waals surface area contributed by atoms with Crippen molar-refractivity contribution in [3.63, 3.8) is 0 Å². The maximum atomic E-state index is 8.29. The Morgan fingerprint density at radius 1 is 1.50 bits per heavy atom.